The van der Waals surface area contributed by atoms with Crippen LogP contribution < -0.4 is 15.4 Å². The maximum Gasteiger partial charge on any atom is 0.191 e. The smallest absolute Gasteiger partial charge is 0.191 e. The largest absolute Gasteiger partial charge is 0.489 e. The average molecular weight is 374 g/mol. The van der Waals surface area contributed by atoms with E-state index in [1.165, 1.54) is 31.4 Å². The predicted molar refractivity (Wildman–Crippen MR) is 102 cm³/mol. The average Bonchev–Trinajstić information content (AvgIpc) is 2.90. The zero-order chi connectivity index (χ0) is 19.1. The number of nitrogens with one attached hydrogen (secondary N) is 2. The van der Waals surface area contributed by atoms with Crippen molar-refractivity contribution in [2.24, 2.45) is 4.99 Å². The molecule has 1 unspecified atom stereocenters. The summed E-state index contributed by atoms with van der Waals surface area (Å²) in [6, 6.07) is 6.01. The molecule has 0 saturated heterocycles. The molecule has 0 saturated carbocycles. The monoisotopic (exact) mass is 374 g/mol. The van der Waals surface area contributed by atoms with Crippen molar-refractivity contribution in [2.75, 3.05) is 13.6 Å². The number of benzene rings is 1. The summed E-state index contributed by atoms with van der Waals surface area (Å²) in [5.74, 6) is 3.05. The van der Waals surface area contributed by atoms with Crippen LogP contribution in [-0.4, -0.2) is 40.4 Å². The molecule has 0 fully saturated rings. The second-order valence-corrected chi connectivity index (χ2v) is 6.68. The van der Waals surface area contributed by atoms with Crippen LogP contribution in [0.25, 0.3) is 0 Å². The van der Waals surface area contributed by atoms with Gasteiger partial charge in [-0.05, 0) is 44.0 Å². The molecule has 1 atom stereocenters. The fourth-order valence-electron chi connectivity index (χ4n) is 3.09. The van der Waals surface area contributed by atoms with Crippen molar-refractivity contribution in [3.05, 3.63) is 41.7 Å². The molecule has 0 spiro atoms. The van der Waals surface area contributed by atoms with Gasteiger partial charge in [-0.15, -0.1) is 10.2 Å². The number of halogens is 1. The maximum absolute atomic E-state index is 12.9. The number of ether oxygens (including phenoxy) is 1. The number of aliphatic imine (C=N–C) groups is 1. The van der Waals surface area contributed by atoms with Crippen molar-refractivity contribution in [2.45, 2.75) is 51.8 Å². The molecule has 3 rings (SSSR count). The molecule has 1 aromatic heterocycles. The molecular formula is C19H27FN6O. The van der Waals surface area contributed by atoms with Crippen molar-refractivity contribution in [3.8, 4) is 5.75 Å². The van der Waals surface area contributed by atoms with Crippen LogP contribution in [0.2, 0.25) is 0 Å². The van der Waals surface area contributed by atoms with E-state index in [2.05, 4.69) is 30.4 Å². The van der Waals surface area contributed by atoms with E-state index in [0.29, 0.717) is 24.8 Å². The van der Waals surface area contributed by atoms with E-state index < -0.39 is 0 Å². The first-order valence-electron chi connectivity index (χ1n) is 9.43. The van der Waals surface area contributed by atoms with Gasteiger partial charge in [-0.25, -0.2) is 4.39 Å². The molecule has 8 heteroatoms. The number of hydrogen-bond donors (Lipinski definition) is 2. The van der Waals surface area contributed by atoms with Crippen molar-refractivity contribution >= 4 is 5.96 Å². The number of aryl methyl sites for hydroxylation is 1. The molecule has 2 aromatic rings. The first-order chi connectivity index (χ1) is 13.2. The minimum Gasteiger partial charge on any atom is -0.489 e. The van der Waals surface area contributed by atoms with Crippen molar-refractivity contribution in [3.63, 3.8) is 0 Å². The number of hydrogen-bond acceptors (Lipinski definition) is 4. The number of fused-ring (bicyclic) bond motifs is 1. The lowest BCUT2D eigenvalue weighted by Crippen LogP contribution is -2.41. The third kappa shape index (κ3) is 5.42. The van der Waals surface area contributed by atoms with Gasteiger partial charge in [0.25, 0.3) is 0 Å². The van der Waals surface area contributed by atoms with Gasteiger partial charge in [-0.1, -0.05) is 6.42 Å². The summed E-state index contributed by atoms with van der Waals surface area (Å²) in [5, 5.41) is 15.1. The van der Waals surface area contributed by atoms with E-state index in [-0.39, 0.29) is 11.9 Å². The molecular weight excluding hydrogens is 347 g/mol. The Morgan fingerprint density at radius 3 is 2.81 bits per heavy atom. The number of rotatable bonds is 6. The van der Waals surface area contributed by atoms with Crippen LogP contribution in [0.4, 0.5) is 4.39 Å². The highest BCUT2D eigenvalue weighted by Gasteiger charge is 2.15. The summed E-state index contributed by atoms with van der Waals surface area (Å²) in [6.45, 7) is 4.06. The van der Waals surface area contributed by atoms with Gasteiger partial charge in [0.1, 0.15) is 23.5 Å². The highest BCUT2D eigenvalue weighted by Crippen LogP contribution is 2.14. The molecule has 0 amide bonds. The Morgan fingerprint density at radius 1 is 1.22 bits per heavy atom. The zero-order valence-electron chi connectivity index (χ0n) is 15.9. The molecule has 0 aliphatic carbocycles. The summed E-state index contributed by atoms with van der Waals surface area (Å²) in [7, 11) is 1.73. The summed E-state index contributed by atoms with van der Waals surface area (Å²) in [6.07, 6.45) is 4.49. The zero-order valence-corrected chi connectivity index (χ0v) is 15.9. The quantitative estimate of drug-likeness (QED) is 0.599. The van der Waals surface area contributed by atoms with Crippen LogP contribution >= 0.6 is 0 Å². The molecule has 1 aliphatic rings. The van der Waals surface area contributed by atoms with Crippen LogP contribution in [-0.2, 0) is 19.5 Å². The second-order valence-electron chi connectivity index (χ2n) is 6.68. The fourth-order valence-corrected chi connectivity index (χ4v) is 3.09. The van der Waals surface area contributed by atoms with E-state index in [4.69, 9.17) is 4.74 Å². The highest BCUT2D eigenvalue weighted by molar-refractivity contribution is 5.79. The second kappa shape index (κ2) is 9.34. The lowest BCUT2D eigenvalue weighted by atomic mass is 10.2. The Morgan fingerprint density at radius 2 is 2.04 bits per heavy atom. The predicted octanol–water partition coefficient (Wildman–Crippen LogP) is 2.28. The Labute approximate surface area is 159 Å². The van der Waals surface area contributed by atoms with Gasteiger partial charge in [0, 0.05) is 20.0 Å². The van der Waals surface area contributed by atoms with Crippen LogP contribution in [0.5, 0.6) is 5.75 Å². The van der Waals surface area contributed by atoms with Gasteiger partial charge in [-0.2, -0.15) is 0 Å². The van der Waals surface area contributed by atoms with Gasteiger partial charge in [0.05, 0.1) is 13.1 Å². The Balaban J connectivity index is 1.47. The number of guanidine groups is 1. The van der Waals surface area contributed by atoms with E-state index in [1.807, 2.05) is 6.92 Å². The summed E-state index contributed by atoms with van der Waals surface area (Å²) < 4.78 is 20.9. The molecule has 2 heterocycles. The topological polar surface area (TPSA) is 76.4 Å². The van der Waals surface area contributed by atoms with Gasteiger partial charge in [-0.3, -0.25) is 4.99 Å². The maximum atomic E-state index is 12.9. The summed E-state index contributed by atoms with van der Waals surface area (Å²) >= 11 is 0. The molecule has 0 radical (unpaired) electrons. The molecule has 0 bridgehead atoms. The van der Waals surface area contributed by atoms with Gasteiger partial charge < -0.3 is 19.9 Å². The third-order valence-corrected chi connectivity index (χ3v) is 4.53. The van der Waals surface area contributed by atoms with E-state index in [1.54, 1.807) is 19.2 Å². The number of aromatic nitrogens is 3. The Bertz CT molecular complexity index is 758. The van der Waals surface area contributed by atoms with Crippen molar-refractivity contribution in [1.82, 2.24) is 25.4 Å². The molecule has 2 N–H and O–H groups in total. The van der Waals surface area contributed by atoms with Crippen LogP contribution in [0.1, 0.15) is 37.8 Å². The minimum atomic E-state index is -0.274. The van der Waals surface area contributed by atoms with Crippen LogP contribution in [0, 0.1) is 5.82 Å². The molecule has 7 nitrogen and oxygen atoms in total. The first kappa shape index (κ1) is 19.1. The van der Waals surface area contributed by atoms with Crippen LogP contribution in [0.3, 0.4) is 0 Å². The van der Waals surface area contributed by atoms with Crippen molar-refractivity contribution < 1.29 is 9.13 Å². The summed E-state index contributed by atoms with van der Waals surface area (Å²) in [4.78, 5) is 4.24. The lowest BCUT2D eigenvalue weighted by molar-refractivity contribution is 0.223. The van der Waals surface area contributed by atoms with Gasteiger partial charge in [0.2, 0.25) is 0 Å². The number of nitrogens with zero attached hydrogens (tertiary/aromatic N) is 4. The third-order valence-electron chi connectivity index (χ3n) is 4.53. The van der Waals surface area contributed by atoms with Crippen LogP contribution in [0.15, 0.2) is 29.3 Å². The SMILES string of the molecule is CN=C(NCc1nnc2n1CCCCC2)NCC(C)Oc1ccc(F)cc1. The first-order valence-corrected chi connectivity index (χ1v) is 9.43. The minimum absolute atomic E-state index is 0.0987. The molecule has 1 aromatic carbocycles. The molecule has 146 valence electrons. The molecule has 1 aliphatic heterocycles. The van der Waals surface area contributed by atoms with E-state index in [9.17, 15) is 4.39 Å². The standard InChI is InChI=1S/C19H27FN6O/c1-14(27-16-9-7-15(20)8-10-16)12-22-19(21-2)23-13-18-25-24-17-6-4-3-5-11-26(17)18/h7-10,14H,3-6,11-13H2,1-2H3,(H2,21,22,23). The lowest BCUT2D eigenvalue weighted by Gasteiger charge is -2.18. The Kier molecular flexibility index (Phi) is 6.62. The van der Waals surface area contributed by atoms with Gasteiger partial charge in [0.15, 0.2) is 11.8 Å². The highest BCUT2D eigenvalue weighted by atomic mass is 19.1. The Hall–Kier alpha value is -2.64. The van der Waals surface area contributed by atoms with Gasteiger partial charge >= 0.3 is 0 Å². The van der Waals surface area contributed by atoms with E-state index >= 15 is 0 Å². The normalized spacial score (nSPS) is 15.6. The van der Waals surface area contributed by atoms with E-state index in [0.717, 1.165) is 24.6 Å². The van der Waals surface area contributed by atoms with Crippen molar-refractivity contribution in [1.29, 1.82) is 0 Å². The summed E-state index contributed by atoms with van der Waals surface area (Å²) in [5.41, 5.74) is 0. The molecule has 27 heavy (non-hydrogen) atoms. The fraction of sp³-hybridized carbons (Fsp3) is 0.526.